The molecule has 0 spiro atoms. The monoisotopic (exact) mass is 580 g/mol. The zero-order chi connectivity index (χ0) is 29.3. The Labute approximate surface area is 249 Å². The average Bonchev–Trinajstić information content (AvgIpc) is 2.95. The quantitative estimate of drug-likeness (QED) is 0.133. The zero-order valence-electron chi connectivity index (χ0n) is 25.2. The van der Waals surface area contributed by atoms with Crippen molar-refractivity contribution < 1.29 is 13.9 Å². The molecule has 0 N–H and O–H groups in total. The van der Waals surface area contributed by atoms with Crippen molar-refractivity contribution >= 4 is 26.8 Å². The van der Waals surface area contributed by atoms with Gasteiger partial charge in [-0.15, -0.1) is 0 Å². The van der Waals surface area contributed by atoms with Gasteiger partial charge < -0.3 is 13.9 Å². The molecule has 0 amide bonds. The van der Waals surface area contributed by atoms with E-state index in [9.17, 15) is 0 Å². The average molecular weight is 581 g/mol. The van der Waals surface area contributed by atoms with Crippen molar-refractivity contribution in [2.75, 3.05) is 13.7 Å². The molecule has 1 aliphatic heterocycles. The zero-order valence-corrected chi connectivity index (χ0v) is 27.2. The molecule has 1 aliphatic rings. The molecule has 1 heterocycles. The summed E-state index contributed by atoms with van der Waals surface area (Å²) in [4.78, 5) is 0. The lowest BCUT2D eigenvalue weighted by Gasteiger charge is -2.35. The molecule has 3 nitrogen and oxygen atoms in total. The van der Waals surface area contributed by atoms with Gasteiger partial charge in [0, 0.05) is 0 Å². The Bertz CT molecular complexity index is 1330. The predicted octanol–water partition coefficient (Wildman–Crippen LogP) is 7.55. The predicted molar refractivity (Wildman–Crippen MR) is 178 cm³/mol. The van der Waals surface area contributed by atoms with Gasteiger partial charge in [0.1, 0.15) is 5.75 Å². The van der Waals surface area contributed by atoms with E-state index in [0.29, 0.717) is 13.2 Å². The van der Waals surface area contributed by atoms with Gasteiger partial charge in [-0.3, -0.25) is 0 Å². The molecule has 0 saturated carbocycles. The van der Waals surface area contributed by atoms with Gasteiger partial charge in [-0.25, -0.2) is 0 Å². The second-order valence-corrected chi connectivity index (χ2v) is 20.0. The molecule has 3 aromatic rings. The van der Waals surface area contributed by atoms with Crippen LogP contribution in [0.3, 0.4) is 0 Å². The maximum atomic E-state index is 7.36. The van der Waals surface area contributed by atoms with E-state index in [1.54, 1.807) is 7.11 Å². The summed E-state index contributed by atoms with van der Waals surface area (Å²) in [6, 6.07) is 29.6. The lowest BCUT2D eigenvalue weighted by molar-refractivity contribution is 0.141. The number of ether oxygens (including phenoxy) is 2. The molecule has 41 heavy (non-hydrogen) atoms. The van der Waals surface area contributed by atoms with Gasteiger partial charge >= 0.3 is 0 Å². The number of allylic oxidation sites excluding steroid dienone is 3. The highest BCUT2D eigenvalue weighted by Crippen LogP contribution is 2.26. The van der Waals surface area contributed by atoms with Crippen molar-refractivity contribution in [2.24, 2.45) is 0 Å². The van der Waals surface area contributed by atoms with Gasteiger partial charge in [0.15, 0.2) is 0 Å². The van der Waals surface area contributed by atoms with E-state index in [1.165, 1.54) is 26.7 Å². The van der Waals surface area contributed by atoms with Crippen LogP contribution < -0.4 is 15.1 Å². The maximum absolute atomic E-state index is 7.36. The Morgan fingerprint density at radius 3 is 2.07 bits per heavy atom. The largest absolute Gasteiger partial charge is 0.497 e. The highest BCUT2D eigenvalue weighted by molar-refractivity contribution is 7.01. The van der Waals surface area contributed by atoms with Crippen LogP contribution in [0.2, 0.25) is 19.6 Å². The molecular weight excluding hydrogens is 537 g/mol. The Hall–Kier alpha value is -3.23. The summed E-state index contributed by atoms with van der Waals surface area (Å²) in [6.07, 6.45) is 8.54. The van der Waals surface area contributed by atoms with Crippen LogP contribution in [0.5, 0.6) is 5.75 Å². The third-order valence-electron chi connectivity index (χ3n) is 7.42. The summed E-state index contributed by atoms with van der Waals surface area (Å²) >= 11 is 0. The van der Waals surface area contributed by atoms with Crippen LogP contribution in [0.4, 0.5) is 0 Å². The molecule has 0 bridgehead atoms. The van der Waals surface area contributed by atoms with Crippen molar-refractivity contribution in [3.8, 4) is 5.75 Å². The number of rotatable bonds is 11. The second-order valence-electron chi connectivity index (χ2n) is 11.8. The number of hydrogen-bond acceptors (Lipinski definition) is 3. The fraction of sp³-hybridized carbons (Fsp3) is 0.278. The van der Waals surface area contributed by atoms with Crippen molar-refractivity contribution in [2.45, 2.75) is 52.1 Å². The van der Waals surface area contributed by atoms with E-state index in [4.69, 9.17) is 13.9 Å². The Morgan fingerprint density at radius 1 is 0.927 bits per heavy atom. The Kier molecular flexibility index (Phi) is 10.6. The molecule has 0 unspecified atom stereocenters. The van der Waals surface area contributed by atoms with Crippen LogP contribution >= 0.6 is 0 Å². The second kappa shape index (κ2) is 14.1. The third kappa shape index (κ3) is 8.17. The molecule has 3 aromatic carbocycles. The molecule has 5 heteroatoms. The molecule has 0 aliphatic carbocycles. The SMILES string of the molecule is C=C(C)/C(=C/C[C@H]1/C=C\C/C(COCc2ccc(OC)cc2)=C\[Si](c2ccccc2)(c2ccccc2)O1)[Si](C)(C)C. The first kappa shape index (κ1) is 30.7. The van der Waals surface area contributed by atoms with Gasteiger partial charge in [0.25, 0.3) is 8.32 Å². The lowest BCUT2D eigenvalue weighted by Crippen LogP contribution is -2.61. The molecule has 214 valence electrons. The van der Waals surface area contributed by atoms with Crippen molar-refractivity contribution in [1.82, 2.24) is 0 Å². The third-order valence-corrected chi connectivity index (χ3v) is 13.5. The normalized spacial score (nSPS) is 19.4. The number of methoxy groups -OCH3 is 1. The molecule has 0 saturated heterocycles. The van der Waals surface area contributed by atoms with E-state index in [2.05, 4.69) is 130 Å². The van der Waals surface area contributed by atoms with E-state index < -0.39 is 16.4 Å². The summed E-state index contributed by atoms with van der Waals surface area (Å²) in [5.74, 6) is 0.852. The molecule has 1 atom stereocenters. The van der Waals surface area contributed by atoms with Crippen LogP contribution in [0.25, 0.3) is 0 Å². The summed E-state index contributed by atoms with van der Waals surface area (Å²) in [5.41, 5.74) is 5.98. The Morgan fingerprint density at radius 2 is 1.54 bits per heavy atom. The highest BCUT2D eigenvalue weighted by atomic mass is 28.4. The van der Waals surface area contributed by atoms with Gasteiger partial charge in [-0.1, -0.05) is 134 Å². The van der Waals surface area contributed by atoms with Gasteiger partial charge in [-0.2, -0.15) is 0 Å². The van der Waals surface area contributed by atoms with E-state index >= 15 is 0 Å². The number of hydrogen-bond donors (Lipinski definition) is 0. The molecule has 0 radical (unpaired) electrons. The standard InChI is InChI=1S/C36H44O3Si2/c1-29(2)36(40(4,5)6)25-24-33-15-13-14-31(27-38-26-30-20-22-32(37-3)23-21-30)28-41(39-33,34-16-9-7-10-17-34)35-18-11-8-12-19-35/h7-13,15-23,25,28,33H,1,14,24,26-27H2,2-6H3/b15-13-,31-28+,36-25-/t33-/m1/s1. The first-order valence-corrected chi connectivity index (χ1v) is 19.9. The van der Waals surface area contributed by atoms with Gasteiger partial charge in [-0.05, 0) is 53.4 Å². The first-order chi connectivity index (χ1) is 19.7. The van der Waals surface area contributed by atoms with Crippen LogP contribution in [-0.2, 0) is 15.8 Å². The van der Waals surface area contributed by atoms with E-state index in [-0.39, 0.29) is 6.10 Å². The van der Waals surface area contributed by atoms with Crippen LogP contribution in [0.1, 0.15) is 25.3 Å². The van der Waals surface area contributed by atoms with Gasteiger partial charge in [0.2, 0.25) is 0 Å². The molecular formula is C36H44O3Si2. The lowest BCUT2D eigenvalue weighted by atomic mass is 10.1. The van der Waals surface area contributed by atoms with E-state index in [1.807, 2.05) is 12.1 Å². The summed E-state index contributed by atoms with van der Waals surface area (Å²) in [5, 5.41) is 3.91. The van der Waals surface area contributed by atoms with Gasteiger partial charge in [0.05, 0.1) is 34.5 Å². The first-order valence-electron chi connectivity index (χ1n) is 14.4. The minimum absolute atomic E-state index is 0.0363. The smallest absolute Gasteiger partial charge is 0.281 e. The Balaban J connectivity index is 1.70. The molecule has 0 aromatic heterocycles. The maximum Gasteiger partial charge on any atom is 0.281 e. The summed E-state index contributed by atoms with van der Waals surface area (Å²) in [7, 11) is -2.62. The van der Waals surface area contributed by atoms with E-state index in [0.717, 1.165) is 24.2 Å². The van der Waals surface area contributed by atoms with Crippen LogP contribution in [0, 0.1) is 0 Å². The summed E-state index contributed by atoms with van der Waals surface area (Å²) < 4.78 is 18.9. The fourth-order valence-electron chi connectivity index (χ4n) is 5.47. The minimum atomic E-state index is -2.78. The topological polar surface area (TPSA) is 27.7 Å². The van der Waals surface area contributed by atoms with Crippen molar-refractivity contribution in [1.29, 1.82) is 0 Å². The highest BCUT2D eigenvalue weighted by Gasteiger charge is 2.40. The van der Waals surface area contributed by atoms with Crippen LogP contribution in [0.15, 0.2) is 132 Å². The van der Waals surface area contributed by atoms with Crippen molar-refractivity contribution in [3.05, 3.63) is 137 Å². The molecule has 0 fully saturated rings. The fourth-order valence-corrected chi connectivity index (χ4v) is 11.3. The minimum Gasteiger partial charge on any atom is -0.497 e. The van der Waals surface area contributed by atoms with Crippen molar-refractivity contribution in [3.63, 3.8) is 0 Å². The van der Waals surface area contributed by atoms with Crippen LogP contribution in [-0.4, -0.2) is 36.2 Å². The summed E-state index contributed by atoms with van der Waals surface area (Å²) in [6.45, 7) is 14.7. The molecule has 4 rings (SSSR count). The number of benzene rings is 3.